The topological polar surface area (TPSA) is 72.1 Å². The number of nitrogens with zero attached hydrogens (tertiary/aromatic N) is 2. The van der Waals surface area contributed by atoms with Crippen LogP contribution in [-0.4, -0.2) is 22.3 Å². The molecule has 3 rings (SSSR count). The second kappa shape index (κ2) is 8.62. The number of H-pyrrole nitrogens is 1. The molecule has 2 aromatic carbocycles. The van der Waals surface area contributed by atoms with Crippen LogP contribution in [0.5, 0.6) is 11.5 Å². The molecule has 26 heavy (non-hydrogen) atoms. The molecule has 3 aromatic rings. The predicted octanol–water partition coefficient (Wildman–Crippen LogP) is 5.07. The van der Waals surface area contributed by atoms with Crippen molar-refractivity contribution < 1.29 is 9.47 Å². The number of benzene rings is 2. The van der Waals surface area contributed by atoms with E-state index in [1.165, 1.54) is 6.33 Å². The van der Waals surface area contributed by atoms with Crippen LogP contribution in [0.4, 0.5) is 5.95 Å². The average molecular weight is 458 g/mol. The highest BCUT2D eigenvalue weighted by molar-refractivity contribution is 9.10. The van der Waals surface area contributed by atoms with Gasteiger partial charge in [0.2, 0.25) is 5.95 Å². The molecular weight excluding hydrogens is 443 g/mol. The lowest BCUT2D eigenvalue weighted by molar-refractivity contribution is 0.284. The minimum atomic E-state index is 0.300. The summed E-state index contributed by atoms with van der Waals surface area (Å²) in [6.07, 6.45) is 1.44. The smallest absolute Gasteiger partial charge is 0.218 e. The van der Waals surface area contributed by atoms with Gasteiger partial charge in [0.15, 0.2) is 11.5 Å². The quantitative estimate of drug-likeness (QED) is 0.517. The number of nitrogens with one attached hydrogen (secondary N) is 2. The fourth-order valence-corrected chi connectivity index (χ4v) is 3.17. The van der Waals surface area contributed by atoms with Gasteiger partial charge in [-0.05, 0) is 29.8 Å². The fraction of sp³-hybridized carbons (Fsp3) is 0.176. The Balaban J connectivity index is 1.73. The maximum absolute atomic E-state index is 6.19. The summed E-state index contributed by atoms with van der Waals surface area (Å²) in [5.41, 5.74) is 1.82. The Bertz CT molecular complexity index is 891. The summed E-state index contributed by atoms with van der Waals surface area (Å²) in [5.74, 6) is 1.81. The molecule has 0 aliphatic heterocycles. The molecule has 0 amide bonds. The summed E-state index contributed by atoms with van der Waals surface area (Å²) in [7, 11) is 1.60. The third-order valence-corrected chi connectivity index (χ3v) is 4.92. The fourth-order valence-electron chi connectivity index (χ4n) is 2.25. The summed E-state index contributed by atoms with van der Waals surface area (Å²) in [6.45, 7) is 0.837. The molecule has 0 bridgehead atoms. The van der Waals surface area contributed by atoms with E-state index in [0.717, 1.165) is 15.6 Å². The molecule has 9 heteroatoms. The van der Waals surface area contributed by atoms with E-state index in [4.69, 9.17) is 32.7 Å². The SMILES string of the molecule is COc1cc(CNc2ncn[nH]2)c(Br)cc1OCc1ccc(Cl)cc1Cl. The van der Waals surface area contributed by atoms with Crippen molar-refractivity contribution in [1.82, 2.24) is 15.2 Å². The minimum absolute atomic E-state index is 0.300. The van der Waals surface area contributed by atoms with E-state index in [2.05, 4.69) is 36.4 Å². The van der Waals surface area contributed by atoms with Gasteiger partial charge >= 0.3 is 0 Å². The van der Waals surface area contributed by atoms with E-state index in [9.17, 15) is 0 Å². The number of halogens is 3. The van der Waals surface area contributed by atoms with Crippen LogP contribution in [-0.2, 0) is 13.2 Å². The van der Waals surface area contributed by atoms with Crippen molar-refractivity contribution in [2.24, 2.45) is 0 Å². The molecule has 136 valence electrons. The minimum Gasteiger partial charge on any atom is -0.493 e. The average Bonchev–Trinajstić information content (AvgIpc) is 3.13. The number of hydrogen-bond acceptors (Lipinski definition) is 5. The van der Waals surface area contributed by atoms with Crippen LogP contribution in [0.3, 0.4) is 0 Å². The number of methoxy groups -OCH3 is 1. The van der Waals surface area contributed by atoms with Crippen molar-refractivity contribution >= 4 is 45.1 Å². The predicted molar refractivity (Wildman–Crippen MR) is 105 cm³/mol. The van der Waals surface area contributed by atoms with E-state index in [-0.39, 0.29) is 0 Å². The van der Waals surface area contributed by atoms with Gasteiger partial charge in [0.1, 0.15) is 12.9 Å². The molecule has 0 spiro atoms. The van der Waals surface area contributed by atoms with E-state index in [0.29, 0.717) is 40.6 Å². The van der Waals surface area contributed by atoms with E-state index < -0.39 is 0 Å². The zero-order valence-electron chi connectivity index (χ0n) is 13.7. The normalized spacial score (nSPS) is 10.6. The molecule has 0 radical (unpaired) electrons. The standard InChI is InChI=1S/C17H15BrCl2N4O2/c1-25-15-4-11(7-21-17-22-9-23-24-17)13(18)6-16(15)26-8-10-2-3-12(19)5-14(10)20/h2-6,9H,7-8H2,1H3,(H2,21,22,23,24). The molecule has 1 aromatic heterocycles. The van der Waals surface area contributed by atoms with Crippen molar-refractivity contribution in [2.75, 3.05) is 12.4 Å². The summed E-state index contributed by atoms with van der Waals surface area (Å²) < 4.78 is 12.2. The first kappa shape index (κ1) is 18.8. The summed E-state index contributed by atoms with van der Waals surface area (Å²) in [4.78, 5) is 4.03. The highest BCUT2D eigenvalue weighted by Gasteiger charge is 2.12. The van der Waals surface area contributed by atoms with Gasteiger partial charge in [-0.2, -0.15) is 5.10 Å². The Morgan fingerprint density at radius 2 is 2.00 bits per heavy atom. The van der Waals surface area contributed by atoms with Gasteiger partial charge in [0.05, 0.1) is 7.11 Å². The molecule has 0 saturated heterocycles. The molecule has 0 aliphatic carbocycles. The van der Waals surface area contributed by atoms with Gasteiger partial charge in [0, 0.05) is 26.6 Å². The van der Waals surface area contributed by atoms with Crippen LogP contribution < -0.4 is 14.8 Å². The third-order valence-electron chi connectivity index (χ3n) is 3.59. The van der Waals surface area contributed by atoms with Crippen LogP contribution in [0.2, 0.25) is 10.0 Å². The lowest BCUT2D eigenvalue weighted by atomic mass is 10.2. The highest BCUT2D eigenvalue weighted by atomic mass is 79.9. The molecule has 0 saturated carbocycles. The molecular formula is C17H15BrCl2N4O2. The molecule has 0 atom stereocenters. The Hall–Kier alpha value is -1.96. The van der Waals surface area contributed by atoms with Crippen molar-refractivity contribution in [3.05, 3.63) is 62.3 Å². The van der Waals surface area contributed by atoms with Gasteiger partial charge in [0.25, 0.3) is 0 Å². The van der Waals surface area contributed by atoms with Crippen molar-refractivity contribution in [2.45, 2.75) is 13.2 Å². The monoisotopic (exact) mass is 456 g/mol. The first-order chi connectivity index (χ1) is 12.6. The van der Waals surface area contributed by atoms with Gasteiger partial charge < -0.3 is 14.8 Å². The van der Waals surface area contributed by atoms with Gasteiger partial charge in [-0.3, -0.25) is 0 Å². The molecule has 0 unspecified atom stereocenters. The zero-order valence-corrected chi connectivity index (χ0v) is 16.8. The number of aromatic amines is 1. The highest BCUT2D eigenvalue weighted by Crippen LogP contribution is 2.35. The van der Waals surface area contributed by atoms with Crippen molar-refractivity contribution in [3.8, 4) is 11.5 Å². The Labute approximate surface area is 169 Å². The maximum atomic E-state index is 6.19. The molecule has 0 aliphatic rings. The van der Waals surface area contributed by atoms with Gasteiger partial charge in [-0.1, -0.05) is 45.2 Å². The van der Waals surface area contributed by atoms with E-state index >= 15 is 0 Å². The number of ether oxygens (including phenoxy) is 2. The first-order valence-electron chi connectivity index (χ1n) is 7.59. The molecule has 2 N–H and O–H groups in total. The molecule has 1 heterocycles. The van der Waals surface area contributed by atoms with Crippen LogP contribution in [0.1, 0.15) is 11.1 Å². The number of hydrogen-bond donors (Lipinski definition) is 2. The maximum Gasteiger partial charge on any atom is 0.218 e. The second-order valence-corrected chi connectivity index (χ2v) is 7.00. The molecule has 0 fully saturated rings. The summed E-state index contributed by atoms with van der Waals surface area (Å²) in [5, 5.41) is 10.8. The Kier molecular flexibility index (Phi) is 6.24. The Morgan fingerprint density at radius 3 is 2.69 bits per heavy atom. The number of rotatable bonds is 7. The van der Waals surface area contributed by atoms with Crippen molar-refractivity contribution in [3.63, 3.8) is 0 Å². The van der Waals surface area contributed by atoms with Crippen LogP contribution in [0.25, 0.3) is 0 Å². The lowest BCUT2D eigenvalue weighted by Gasteiger charge is -2.15. The van der Waals surface area contributed by atoms with E-state index in [1.807, 2.05) is 18.2 Å². The Morgan fingerprint density at radius 1 is 1.15 bits per heavy atom. The van der Waals surface area contributed by atoms with Crippen molar-refractivity contribution in [1.29, 1.82) is 0 Å². The number of anilines is 1. The lowest BCUT2D eigenvalue weighted by Crippen LogP contribution is -2.04. The van der Waals surface area contributed by atoms with Crippen LogP contribution in [0, 0.1) is 0 Å². The zero-order chi connectivity index (χ0) is 18.5. The summed E-state index contributed by atoms with van der Waals surface area (Å²) >= 11 is 15.7. The summed E-state index contributed by atoms with van der Waals surface area (Å²) in [6, 6.07) is 9.05. The molecule has 6 nitrogen and oxygen atoms in total. The van der Waals surface area contributed by atoms with Crippen LogP contribution in [0.15, 0.2) is 41.1 Å². The van der Waals surface area contributed by atoms with Crippen LogP contribution >= 0.6 is 39.1 Å². The van der Waals surface area contributed by atoms with E-state index in [1.54, 1.807) is 19.2 Å². The second-order valence-electron chi connectivity index (χ2n) is 5.31. The van der Waals surface area contributed by atoms with Gasteiger partial charge in [-0.15, -0.1) is 0 Å². The largest absolute Gasteiger partial charge is 0.493 e. The third kappa shape index (κ3) is 4.60. The van der Waals surface area contributed by atoms with Gasteiger partial charge in [-0.25, -0.2) is 10.1 Å². The first-order valence-corrected chi connectivity index (χ1v) is 9.14. The number of aromatic nitrogens is 3.